The summed E-state index contributed by atoms with van der Waals surface area (Å²) >= 11 is 3.05. The van der Waals surface area contributed by atoms with Crippen molar-refractivity contribution in [2.45, 2.75) is 6.04 Å². The zero-order valence-electron chi connectivity index (χ0n) is 10.9. The van der Waals surface area contributed by atoms with Crippen LogP contribution in [0.5, 0.6) is 0 Å². The van der Waals surface area contributed by atoms with Gasteiger partial charge in [0, 0.05) is 19.2 Å². The molecule has 7 heteroatoms. The average Bonchev–Trinajstić information content (AvgIpc) is 2.48. The first-order valence-electron chi connectivity index (χ1n) is 6.10. The molecule has 1 heterocycles. The maximum Gasteiger partial charge on any atom is 0.254 e. The van der Waals surface area contributed by atoms with Crippen LogP contribution in [0.4, 0.5) is 4.39 Å². The fourth-order valence-corrected chi connectivity index (χ4v) is 2.40. The number of morpholine rings is 1. The number of hydrogen-bond acceptors (Lipinski definition) is 3. The van der Waals surface area contributed by atoms with Crippen molar-refractivity contribution in [1.29, 1.82) is 0 Å². The highest BCUT2D eigenvalue weighted by atomic mass is 79.9. The molecule has 1 saturated heterocycles. The largest absolute Gasteiger partial charge is 0.377 e. The Balaban J connectivity index is 2.25. The van der Waals surface area contributed by atoms with Gasteiger partial charge in [0.2, 0.25) is 5.91 Å². The molecule has 2 rings (SSSR count). The van der Waals surface area contributed by atoms with Crippen LogP contribution in [0.2, 0.25) is 0 Å². The first kappa shape index (κ1) is 14.9. The summed E-state index contributed by atoms with van der Waals surface area (Å²) in [6.07, 6.45) is 0. The lowest BCUT2D eigenvalue weighted by Gasteiger charge is -2.34. The third-order valence-corrected chi connectivity index (χ3v) is 3.71. The lowest BCUT2D eigenvalue weighted by atomic mass is 10.1. The molecule has 1 aliphatic rings. The minimum absolute atomic E-state index is 0.160. The molecular formula is C13H14BrFN2O3. The molecular weight excluding hydrogens is 331 g/mol. The Morgan fingerprint density at radius 2 is 2.25 bits per heavy atom. The third kappa shape index (κ3) is 2.99. The second-order valence-electron chi connectivity index (χ2n) is 4.33. The van der Waals surface area contributed by atoms with Crippen molar-refractivity contribution < 1.29 is 18.7 Å². The number of benzene rings is 1. The van der Waals surface area contributed by atoms with Crippen molar-refractivity contribution in [3.63, 3.8) is 0 Å². The lowest BCUT2D eigenvalue weighted by molar-refractivity contribution is -0.130. The summed E-state index contributed by atoms with van der Waals surface area (Å²) in [6, 6.07) is 3.37. The standard InChI is InChI=1S/C13H14BrFN2O3/c1-16-12(18)11-7-20-5-4-17(11)13(19)8-2-3-10(15)9(14)6-8/h2-3,6,11H,4-5,7H2,1H3,(H,16,18). The van der Waals surface area contributed by atoms with E-state index < -0.39 is 11.9 Å². The van der Waals surface area contributed by atoms with Crippen LogP contribution >= 0.6 is 15.9 Å². The van der Waals surface area contributed by atoms with Crippen LogP contribution < -0.4 is 5.32 Å². The molecule has 1 aromatic rings. The summed E-state index contributed by atoms with van der Waals surface area (Å²) in [7, 11) is 1.51. The van der Waals surface area contributed by atoms with Crippen molar-refractivity contribution in [2.75, 3.05) is 26.8 Å². The van der Waals surface area contributed by atoms with E-state index in [0.29, 0.717) is 18.7 Å². The van der Waals surface area contributed by atoms with Gasteiger partial charge >= 0.3 is 0 Å². The molecule has 1 aromatic carbocycles. The van der Waals surface area contributed by atoms with Crippen molar-refractivity contribution in [3.8, 4) is 0 Å². The number of carbonyl (C=O) groups is 2. The molecule has 1 aliphatic heterocycles. The predicted molar refractivity (Wildman–Crippen MR) is 73.8 cm³/mol. The Kier molecular flexibility index (Phi) is 4.72. The van der Waals surface area contributed by atoms with Crippen LogP contribution in [0, 0.1) is 5.82 Å². The fourth-order valence-electron chi connectivity index (χ4n) is 2.03. The van der Waals surface area contributed by atoms with Gasteiger partial charge in [-0.15, -0.1) is 0 Å². The van der Waals surface area contributed by atoms with E-state index in [1.54, 1.807) is 0 Å². The molecule has 1 unspecified atom stereocenters. The van der Waals surface area contributed by atoms with Gasteiger partial charge in [0.15, 0.2) is 0 Å². The van der Waals surface area contributed by atoms with E-state index in [1.807, 2.05) is 0 Å². The SMILES string of the molecule is CNC(=O)C1COCCN1C(=O)c1ccc(F)c(Br)c1. The molecule has 1 fully saturated rings. The van der Waals surface area contributed by atoms with E-state index in [0.717, 1.165) is 0 Å². The third-order valence-electron chi connectivity index (χ3n) is 3.10. The summed E-state index contributed by atoms with van der Waals surface area (Å²) in [5.74, 6) is -1.03. The number of halogens is 2. The summed E-state index contributed by atoms with van der Waals surface area (Å²) in [4.78, 5) is 25.7. The maximum absolute atomic E-state index is 13.2. The minimum Gasteiger partial charge on any atom is -0.377 e. The van der Waals surface area contributed by atoms with Crippen molar-refractivity contribution in [2.24, 2.45) is 0 Å². The highest BCUT2D eigenvalue weighted by Gasteiger charge is 2.32. The van der Waals surface area contributed by atoms with E-state index in [2.05, 4.69) is 21.2 Å². The summed E-state index contributed by atoms with van der Waals surface area (Å²) in [5.41, 5.74) is 0.328. The van der Waals surface area contributed by atoms with Crippen LogP contribution in [-0.4, -0.2) is 49.6 Å². The molecule has 1 atom stereocenters. The number of nitrogens with one attached hydrogen (secondary N) is 1. The Morgan fingerprint density at radius 3 is 2.90 bits per heavy atom. The van der Waals surface area contributed by atoms with Crippen LogP contribution in [-0.2, 0) is 9.53 Å². The second kappa shape index (κ2) is 6.32. The molecule has 0 bridgehead atoms. The van der Waals surface area contributed by atoms with Crippen molar-refractivity contribution in [3.05, 3.63) is 34.1 Å². The monoisotopic (exact) mass is 344 g/mol. The molecule has 20 heavy (non-hydrogen) atoms. The van der Waals surface area contributed by atoms with E-state index in [9.17, 15) is 14.0 Å². The number of ether oxygens (including phenoxy) is 1. The van der Waals surface area contributed by atoms with Crippen LogP contribution in [0.25, 0.3) is 0 Å². The maximum atomic E-state index is 13.2. The summed E-state index contributed by atoms with van der Waals surface area (Å²) < 4.78 is 18.7. The molecule has 0 spiro atoms. The Hall–Kier alpha value is -1.47. The quantitative estimate of drug-likeness (QED) is 0.876. The Bertz CT molecular complexity index is 538. The summed E-state index contributed by atoms with van der Waals surface area (Å²) in [5, 5.41) is 2.51. The molecule has 0 aromatic heterocycles. The van der Waals surface area contributed by atoms with Gasteiger partial charge in [-0.25, -0.2) is 4.39 Å². The minimum atomic E-state index is -0.662. The molecule has 1 N–H and O–H groups in total. The van der Waals surface area contributed by atoms with Gasteiger partial charge in [-0.1, -0.05) is 0 Å². The molecule has 5 nitrogen and oxygen atoms in total. The molecule has 0 aliphatic carbocycles. The smallest absolute Gasteiger partial charge is 0.254 e. The normalized spacial score (nSPS) is 18.8. The molecule has 108 valence electrons. The topological polar surface area (TPSA) is 58.6 Å². The number of rotatable bonds is 2. The lowest BCUT2D eigenvalue weighted by Crippen LogP contribution is -2.55. The average molecular weight is 345 g/mol. The Labute approximate surface area is 124 Å². The number of hydrogen-bond donors (Lipinski definition) is 1. The van der Waals surface area contributed by atoms with Gasteiger partial charge in [0.05, 0.1) is 17.7 Å². The highest BCUT2D eigenvalue weighted by Crippen LogP contribution is 2.19. The second-order valence-corrected chi connectivity index (χ2v) is 5.19. The zero-order chi connectivity index (χ0) is 14.7. The van der Waals surface area contributed by atoms with Crippen molar-refractivity contribution in [1.82, 2.24) is 10.2 Å². The van der Waals surface area contributed by atoms with Gasteiger partial charge in [0.1, 0.15) is 11.9 Å². The van der Waals surface area contributed by atoms with Gasteiger partial charge < -0.3 is 15.0 Å². The van der Waals surface area contributed by atoms with Gasteiger partial charge in [-0.05, 0) is 34.1 Å². The van der Waals surface area contributed by atoms with Gasteiger partial charge in [-0.2, -0.15) is 0 Å². The Morgan fingerprint density at radius 1 is 1.50 bits per heavy atom. The van der Waals surface area contributed by atoms with E-state index >= 15 is 0 Å². The number of nitrogens with zero attached hydrogens (tertiary/aromatic N) is 1. The van der Waals surface area contributed by atoms with E-state index in [-0.39, 0.29) is 22.9 Å². The van der Waals surface area contributed by atoms with E-state index in [1.165, 1.54) is 30.1 Å². The number of carbonyl (C=O) groups excluding carboxylic acids is 2. The molecule has 2 amide bonds. The van der Waals surface area contributed by atoms with Crippen LogP contribution in [0.1, 0.15) is 10.4 Å². The molecule has 0 saturated carbocycles. The zero-order valence-corrected chi connectivity index (χ0v) is 12.4. The first-order chi connectivity index (χ1) is 9.54. The highest BCUT2D eigenvalue weighted by molar-refractivity contribution is 9.10. The predicted octanol–water partition coefficient (Wildman–Crippen LogP) is 1.18. The molecule has 0 radical (unpaired) electrons. The van der Waals surface area contributed by atoms with Crippen LogP contribution in [0.15, 0.2) is 22.7 Å². The van der Waals surface area contributed by atoms with E-state index in [4.69, 9.17) is 4.74 Å². The van der Waals surface area contributed by atoms with Gasteiger partial charge in [-0.3, -0.25) is 9.59 Å². The summed E-state index contributed by atoms with van der Waals surface area (Å²) in [6.45, 7) is 0.862. The fraction of sp³-hybridized carbons (Fsp3) is 0.385. The first-order valence-corrected chi connectivity index (χ1v) is 6.89. The number of likely N-dealkylation sites (N-methyl/N-ethyl adjacent to an activating group) is 1. The van der Waals surface area contributed by atoms with Gasteiger partial charge in [0.25, 0.3) is 5.91 Å². The van der Waals surface area contributed by atoms with Crippen molar-refractivity contribution >= 4 is 27.7 Å². The van der Waals surface area contributed by atoms with Crippen LogP contribution in [0.3, 0.4) is 0 Å². The number of amides is 2.